The number of nitrogens with one attached hydrogen (secondary N) is 1. The molecule has 0 unspecified atom stereocenters. The molecule has 1 aliphatic heterocycles. The van der Waals surface area contributed by atoms with E-state index in [2.05, 4.69) is 10.3 Å². The number of aliphatic imine (C=N–C) groups is 1. The minimum absolute atomic E-state index is 0.0949. The van der Waals surface area contributed by atoms with Crippen molar-refractivity contribution in [2.24, 2.45) is 4.99 Å². The van der Waals surface area contributed by atoms with Crippen LogP contribution in [0.25, 0.3) is 0 Å². The van der Waals surface area contributed by atoms with E-state index >= 15 is 0 Å². The molecule has 0 amide bonds. The van der Waals surface area contributed by atoms with Crippen molar-refractivity contribution < 1.29 is 9.90 Å². The predicted octanol–water partition coefficient (Wildman–Crippen LogP) is -0.252. The number of carboxylic acids is 1. The molecule has 47 valence electrons. The van der Waals surface area contributed by atoms with E-state index in [-0.39, 0.29) is 6.04 Å². The second-order valence-corrected chi connectivity index (χ2v) is 1.46. The summed E-state index contributed by atoms with van der Waals surface area (Å²) < 4.78 is 0. The molecule has 0 aromatic rings. The fraction of sp³-hybridized carbons (Fsp3) is 0. The number of rotatable bonds is 1. The summed E-state index contributed by atoms with van der Waals surface area (Å²) in [6.45, 7) is 0. The Morgan fingerprint density at radius 2 is 2.56 bits per heavy atom. The Bertz CT molecular complexity index is 174. The van der Waals surface area contributed by atoms with Crippen LogP contribution in [0.5, 0.6) is 0 Å². The molecular weight excluding hydrogens is 120 g/mol. The van der Waals surface area contributed by atoms with Gasteiger partial charge in [0, 0.05) is 18.6 Å². The van der Waals surface area contributed by atoms with Crippen LogP contribution in [-0.2, 0) is 4.79 Å². The SMILES string of the molecule is O=C(O)[C]1C=NC=CN1. The first kappa shape index (κ1) is 5.81. The standard InChI is InChI=1S/C5H5N2O2/c8-5(9)4-3-6-1-2-7-4/h1-3,7H,(H,8,9). The Morgan fingerprint density at radius 3 is 2.89 bits per heavy atom. The van der Waals surface area contributed by atoms with E-state index in [0.717, 1.165) is 0 Å². The first-order chi connectivity index (χ1) is 4.30. The van der Waals surface area contributed by atoms with E-state index in [1.165, 1.54) is 18.6 Å². The molecular formula is C5H5N2O2. The Hall–Kier alpha value is -1.32. The van der Waals surface area contributed by atoms with Crippen LogP contribution in [0, 0.1) is 6.04 Å². The number of carbonyl (C=O) groups is 1. The first-order valence-electron chi connectivity index (χ1n) is 2.35. The average Bonchev–Trinajstić information content (AvgIpc) is 1.90. The molecule has 1 aliphatic rings. The van der Waals surface area contributed by atoms with Gasteiger partial charge in [0.15, 0.2) is 0 Å². The smallest absolute Gasteiger partial charge is 0.338 e. The molecule has 0 spiro atoms. The van der Waals surface area contributed by atoms with E-state index < -0.39 is 5.97 Å². The molecule has 0 fully saturated rings. The summed E-state index contributed by atoms with van der Waals surface area (Å²) in [7, 11) is 0. The summed E-state index contributed by atoms with van der Waals surface area (Å²) in [5, 5.41) is 10.8. The lowest BCUT2D eigenvalue weighted by atomic mass is 10.3. The van der Waals surface area contributed by atoms with Crippen LogP contribution in [0.1, 0.15) is 0 Å². The number of nitrogens with zero attached hydrogens (tertiary/aromatic N) is 1. The third kappa shape index (κ3) is 1.28. The van der Waals surface area contributed by atoms with E-state index in [4.69, 9.17) is 5.11 Å². The summed E-state index contributed by atoms with van der Waals surface area (Å²) in [6.07, 6.45) is 4.19. The molecule has 0 aliphatic carbocycles. The summed E-state index contributed by atoms with van der Waals surface area (Å²) in [6, 6.07) is 0.0949. The highest BCUT2D eigenvalue weighted by Crippen LogP contribution is 1.94. The molecule has 0 saturated heterocycles. The van der Waals surface area contributed by atoms with Gasteiger partial charge in [-0.05, 0) is 0 Å². The lowest BCUT2D eigenvalue weighted by Gasteiger charge is -2.06. The lowest BCUT2D eigenvalue weighted by molar-refractivity contribution is -0.134. The maximum absolute atomic E-state index is 10.1. The van der Waals surface area contributed by atoms with Gasteiger partial charge in [-0.1, -0.05) is 0 Å². The molecule has 0 aromatic heterocycles. The monoisotopic (exact) mass is 125 g/mol. The highest BCUT2D eigenvalue weighted by atomic mass is 16.4. The predicted molar refractivity (Wildman–Crippen MR) is 31.6 cm³/mol. The maximum Gasteiger partial charge on any atom is 0.338 e. The fourth-order valence-corrected chi connectivity index (χ4v) is 0.442. The fourth-order valence-electron chi connectivity index (χ4n) is 0.442. The zero-order valence-electron chi connectivity index (χ0n) is 4.53. The quantitative estimate of drug-likeness (QED) is 0.508. The minimum atomic E-state index is -0.997. The van der Waals surface area contributed by atoms with Gasteiger partial charge in [0.2, 0.25) is 6.04 Å². The molecule has 4 heteroatoms. The van der Waals surface area contributed by atoms with Crippen LogP contribution in [0.15, 0.2) is 17.4 Å². The van der Waals surface area contributed by atoms with Gasteiger partial charge in [0.1, 0.15) is 0 Å². The van der Waals surface area contributed by atoms with Gasteiger partial charge < -0.3 is 10.4 Å². The third-order valence-electron chi connectivity index (χ3n) is 0.833. The van der Waals surface area contributed by atoms with Crippen LogP contribution in [0.4, 0.5) is 0 Å². The third-order valence-corrected chi connectivity index (χ3v) is 0.833. The van der Waals surface area contributed by atoms with Crippen LogP contribution in [0.2, 0.25) is 0 Å². The summed E-state index contributed by atoms with van der Waals surface area (Å²) in [5.41, 5.74) is 0. The molecule has 0 saturated carbocycles. The van der Waals surface area contributed by atoms with Gasteiger partial charge in [0.25, 0.3) is 0 Å². The number of carboxylic acid groups (broad SMARTS) is 1. The second-order valence-electron chi connectivity index (χ2n) is 1.46. The molecule has 0 atom stereocenters. The zero-order valence-corrected chi connectivity index (χ0v) is 4.53. The lowest BCUT2D eigenvalue weighted by Crippen LogP contribution is -2.26. The Kier molecular flexibility index (Phi) is 1.48. The summed E-state index contributed by atoms with van der Waals surface area (Å²) in [5.74, 6) is -0.997. The van der Waals surface area contributed by atoms with Crippen molar-refractivity contribution in [3.63, 3.8) is 0 Å². The van der Waals surface area contributed by atoms with Crippen molar-refractivity contribution in [3.8, 4) is 0 Å². The van der Waals surface area contributed by atoms with Crippen LogP contribution in [0.3, 0.4) is 0 Å². The molecule has 0 bridgehead atoms. The van der Waals surface area contributed by atoms with Crippen LogP contribution >= 0.6 is 0 Å². The Labute approximate surface area is 51.9 Å². The molecule has 0 aromatic carbocycles. The van der Waals surface area contributed by atoms with E-state index in [9.17, 15) is 4.79 Å². The first-order valence-corrected chi connectivity index (χ1v) is 2.35. The molecule has 1 radical (unpaired) electrons. The highest BCUT2D eigenvalue weighted by molar-refractivity contribution is 6.04. The molecule has 4 nitrogen and oxygen atoms in total. The van der Waals surface area contributed by atoms with Crippen LogP contribution in [-0.4, -0.2) is 17.3 Å². The van der Waals surface area contributed by atoms with Crippen molar-refractivity contribution in [3.05, 3.63) is 18.4 Å². The minimum Gasteiger partial charge on any atom is -0.479 e. The van der Waals surface area contributed by atoms with E-state index in [0.29, 0.717) is 0 Å². The van der Waals surface area contributed by atoms with Gasteiger partial charge in [-0.15, -0.1) is 0 Å². The average molecular weight is 125 g/mol. The van der Waals surface area contributed by atoms with Gasteiger partial charge in [-0.25, -0.2) is 4.79 Å². The summed E-state index contributed by atoms with van der Waals surface area (Å²) >= 11 is 0. The number of hydrogen-bond acceptors (Lipinski definition) is 3. The van der Waals surface area contributed by atoms with Crippen molar-refractivity contribution in [2.45, 2.75) is 0 Å². The number of aliphatic carboxylic acids is 1. The Balaban J connectivity index is 2.56. The number of hydrogen-bond donors (Lipinski definition) is 2. The summed E-state index contributed by atoms with van der Waals surface area (Å²) in [4.78, 5) is 13.7. The van der Waals surface area contributed by atoms with Crippen LogP contribution < -0.4 is 5.32 Å². The largest absolute Gasteiger partial charge is 0.479 e. The van der Waals surface area contributed by atoms with Crippen molar-refractivity contribution >= 4 is 12.2 Å². The van der Waals surface area contributed by atoms with Gasteiger partial charge in [-0.3, -0.25) is 4.99 Å². The normalized spacial score (nSPS) is 17.3. The Morgan fingerprint density at radius 1 is 1.78 bits per heavy atom. The van der Waals surface area contributed by atoms with Gasteiger partial charge in [0.05, 0.1) is 0 Å². The molecule has 2 N–H and O–H groups in total. The highest BCUT2D eigenvalue weighted by Gasteiger charge is 2.14. The second kappa shape index (κ2) is 2.30. The topological polar surface area (TPSA) is 61.7 Å². The van der Waals surface area contributed by atoms with Gasteiger partial charge >= 0.3 is 5.97 Å². The molecule has 1 rings (SSSR count). The maximum atomic E-state index is 10.1. The van der Waals surface area contributed by atoms with Crippen molar-refractivity contribution in [1.29, 1.82) is 0 Å². The van der Waals surface area contributed by atoms with E-state index in [1.54, 1.807) is 0 Å². The van der Waals surface area contributed by atoms with Gasteiger partial charge in [-0.2, -0.15) is 0 Å². The van der Waals surface area contributed by atoms with Crippen molar-refractivity contribution in [2.75, 3.05) is 0 Å². The zero-order chi connectivity index (χ0) is 6.69. The molecule has 9 heavy (non-hydrogen) atoms. The van der Waals surface area contributed by atoms with E-state index in [1.807, 2.05) is 0 Å². The molecule has 1 heterocycles. The van der Waals surface area contributed by atoms with Crippen molar-refractivity contribution in [1.82, 2.24) is 5.32 Å².